The third kappa shape index (κ3) is 4.40. The van der Waals surface area contributed by atoms with Gasteiger partial charge >= 0.3 is 0 Å². The number of amides is 1. The lowest BCUT2D eigenvalue weighted by Gasteiger charge is -2.36. The van der Waals surface area contributed by atoms with Gasteiger partial charge in [-0.3, -0.25) is 14.6 Å². The van der Waals surface area contributed by atoms with Crippen LogP contribution in [0.1, 0.15) is 30.0 Å². The molecule has 1 amide bonds. The number of rotatable bonds is 5. The Morgan fingerprint density at radius 1 is 0.794 bits per heavy atom. The average molecular weight is 466 g/mol. The van der Waals surface area contributed by atoms with E-state index in [1.165, 1.54) is 5.56 Å². The Balaban J connectivity index is 1.03. The second-order valence-corrected chi connectivity index (χ2v) is 9.39. The van der Waals surface area contributed by atoms with Crippen molar-refractivity contribution in [2.24, 2.45) is 0 Å². The van der Waals surface area contributed by atoms with Crippen molar-refractivity contribution in [1.29, 1.82) is 0 Å². The average Bonchev–Trinajstić information content (AvgIpc) is 3.54. The number of piperazine rings is 1. The van der Waals surface area contributed by atoms with E-state index in [0.29, 0.717) is 26.6 Å². The van der Waals surface area contributed by atoms with Crippen molar-refractivity contribution in [2.75, 3.05) is 59.3 Å². The van der Waals surface area contributed by atoms with Crippen molar-refractivity contribution in [3.63, 3.8) is 0 Å². The van der Waals surface area contributed by atoms with Gasteiger partial charge in [-0.05, 0) is 48.2 Å². The quantitative estimate of drug-likeness (QED) is 0.673. The molecule has 0 radical (unpaired) electrons. The van der Waals surface area contributed by atoms with Crippen molar-refractivity contribution < 1.29 is 23.7 Å². The molecule has 8 nitrogen and oxygen atoms in total. The summed E-state index contributed by atoms with van der Waals surface area (Å²) in [5.74, 6) is 3.47. The Labute approximate surface area is 199 Å². The molecule has 8 heteroatoms. The first kappa shape index (κ1) is 21.6. The third-order valence-corrected chi connectivity index (χ3v) is 7.19. The van der Waals surface area contributed by atoms with Crippen molar-refractivity contribution in [3.05, 3.63) is 47.5 Å². The van der Waals surface area contributed by atoms with Crippen LogP contribution in [0.5, 0.6) is 23.0 Å². The van der Waals surface area contributed by atoms with Gasteiger partial charge in [0.15, 0.2) is 23.0 Å². The van der Waals surface area contributed by atoms with Crippen LogP contribution in [0.4, 0.5) is 0 Å². The van der Waals surface area contributed by atoms with Gasteiger partial charge in [0.1, 0.15) is 13.2 Å². The molecule has 1 atom stereocenters. The van der Waals surface area contributed by atoms with Crippen LogP contribution in [0.3, 0.4) is 0 Å². The first-order chi connectivity index (χ1) is 16.7. The topological polar surface area (TPSA) is 63.7 Å². The van der Waals surface area contributed by atoms with Crippen LogP contribution in [0, 0.1) is 0 Å². The van der Waals surface area contributed by atoms with E-state index in [9.17, 15) is 4.79 Å². The van der Waals surface area contributed by atoms with E-state index in [-0.39, 0.29) is 11.9 Å². The molecule has 180 valence electrons. The molecule has 6 rings (SSSR count). The summed E-state index contributed by atoms with van der Waals surface area (Å²) in [7, 11) is 0. The molecule has 2 fully saturated rings. The molecule has 0 spiro atoms. The predicted molar refractivity (Wildman–Crippen MR) is 125 cm³/mol. The van der Waals surface area contributed by atoms with E-state index in [2.05, 4.69) is 39.0 Å². The molecule has 4 heterocycles. The molecule has 4 aliphatic rings. The van der Waals surface area contributed by atoms with Crippen molar-refractivity contribution >= 4 is 5.91 Å². The largest absolute Gasteiger partial charge is 0.486 e. The van der Waals surface area contributed by atoms with E-state index in [0.717, 1.165) is 80.7 Å². The Morgan fingerprint density at radius 2 is 1.50 bits per heavy atom. The van der Waals surface area contributed by atoms with E-state index in [4.69, 9.17) is 18.9 Å². The minimum absolute atomic E-state index is 0.121. The minimum Gasteiger partial charge on any atom is -0.486 e. The first-order valence-corrected chi connectivity index (χ1v) is 12.3. The number of benzene rings is 2. The van der Waals surface area contributed by atoms with Gasteiger partial charge in [-0.15, -0.1) is 0 Å². The van der Waals surface area contributed by atoms with Gasteiger partial charge < -0.3 is 23.8 Å². The molecule has 0 aromatic heterocycles. The molecular weight excluding hydrogens is 434 g/mol. The standard InChI is InChI=1S/C26H31N3O5/c30-26(29-7-1-2-21(29)20-4-6-22-25(15-20)32-13-12-31-22)17-28-10-8-27(9-11-28)16-19-3-5-23-24(14-19)34-18-33-23/h3-6,14-15,21H,1-2,7-13,16-18H2. The summed E-state index contributed by atoms with van der Waals surface area (Å²) in [6, 6.07) is 12.4. The van der Waals surface area contributed by atoms with E-state index >= 15 is 0 Å². The maximum absolute atomic E-state index is 13.3. The monoisotopic (exact) mass is 465 g/mol. The fraction of sp³-hybridized carbons (Fsp3) is 0.500. The highest BCUT2D eigenvalue weighted by Crippen LogP contribution is 2.38. The molecule has 0 aliphatic carbocycles. The lowest BCUT2D eigenvalue weighted by molar-refractivity contribution is -0.133. The summed E-state index contributed by atoms with van der Waals surface area (Å²) in [5.41, 5.74) is 2.37. The number of fused-ring (bicyclic) bond motifs is 2. The second kappa shape index (κ2) is 9.35. The lowest BCUT2D eigenvalue weighted by atomic mass is 10.0. The molecule has 0 saturated carbocycles. The molecule has 2 aromatic rings. The van der Waals surface area contributed by atoms with Crippen LogP contribution in [0.2, 0.25) is 0 Å². The second-order valence-electron chi connectivity index (χ2n) is 9.39. The zero-order chi connectivity index (χ0) is 22.9. The van der Waals surface area contributed by atoms with Gasteiger partial charge in [-0.1, -0.05) is 12.1 Å². The summed E-state index contributed by atoms with van der Waals surface area (Å²) in [6.07, 6.45) is 2.03. The fourth-order valence-electron chi connectivity index (χ4n) is 5.36. The van der Waals surface area contributed by atoms with Gasteiger partial charge in [0, 0.05) is 39.3 Å². The lowest BCUT2D eigenvalue weighted by Crippen LogP contribution is -2.49. The highest BCUT2D eigenvalue weighted by molar-refractivity contribution is 5.79. The first-order valence-electron chi connectivity index (χ1n) is 12.3. The Hall–Kier alpha value is -2.97. The SMILES string of the molecule is O=C(CN1CCN(Cc2ccc3c(c2)OCO3)CC1)N1CCCC1c1ccc2c(c1)OCCO2. The van der Waals surface area contributed by atoms with Crippen LogP contribution >= 0.6 is 0 Å². The fourth-order valence-corrected chi connectivity index (χ4v) is 5.36. The molecule has 0 N–H and O–H groups in total. The van der Waals surface area contributed by atoms with Crippen LogP contribution in [0.15, 0.2) is 36.4 Å². The van der Waals surface area contributed by atoms with Gasteiger partial charge in [0.05, 0.1) is 12.6 Å². The number of likely N-dealkylation sites (tertiary alicyclic amines) is 1. The van der Waals surface area contributed by atoms with Crippen molar-refractivity contribution in [2.45, 2.75) is 25.4 Å². The summed E-state index contributed by atoms with van der Waals surface area (Å²) in [6.45, 7) is 7.36. The van der Waals surface area contributed by atoms with Gasteiger partial charge in [-0.25, -0.2) is 0 Å². The Morgan fingerprint density at radius 3 is 2.38 bits per heavy atom. The molecule has 2 aromatic carbocycles. The summed E-state index contributed by atoms with van der Waals surface area (Å²) in [5, 5.41) is 0. The summed E-state index contributed by atoms with van der Waals surface area (Å²) < 4.78 is 22.3. The molecule has 0 bridgehead atoms. The van der Waals surface area contributed by atoms with Crippen LogP contribution in [0.25, 0.3) is 0 Å². The van der Waals surface area contributed by atoms with Crippen LogP contribution in [-0.2, 0) is 11.3 Å². The van der Waals surface area contributed by atoms with E-state index in [1.54, 1.807) is 0 Å². The number of ether oxygens (including phenoxy) is 4. The van der Waals surface area contributed by atoms with Gasteiger partial charge in [0.25, 0.3) is 0 Å². The number of hydrogen-bond donors (Lipinski definition) is 0. The molecule has 2 saturated heterocycles. The summed E-state index contributed by atoms with van der Waals surface area (Å²) >= 11 is 0. The Kier molecular flexibility index (Phi) is 5.93. The normalized spacial score (nSPS) is 22.2. The number of carbonyl (C=O) groups excluding carboxylic acids is 1. The maximum atomic E-state index is 13.3. The van der Waals surface area contributed by atoms with Gasteiger partial charge in [0.2, 0.25) is 12.7 Å². The molecule has 34 heavy (non-hydrogen) atoms. The number of carbonyl (C=O) groups is 1. The molecular formula is C26H31N3O5. The van der Waals surface area contributed by atoms with Crippen LogP contribution < -0.4 is 18.9 Å². The summed E-state index contributed by atoms with van der Waals surface area (Å²) in [4.78, 5) is 20.0. The minimum atomic E-state index is 0.121. The number of hydrogen-bond acceptors (Lipinski definition) is 7. The number of nitrogens with zero attached hydrogens (tertiary/aromatic N) is 3. The molecule has 1 unspecified atom stereocenters. The molecule has 4 aliphatic heterocycles. The highest BCUT2D eigenvalue weighted by atomic mass is 16.7. The zero-order valence-corrected chi connectivity index (χ0v) is 19.4. The third-order valence-electron chi connectivity index (χ3n) is 7.19. The smallest absolute Gasteiger partial charge is 0.237 e. The van der Waals surface area contributed by atoms with E-state index in [1.807, 2.05) is 12.1 Å². The zero-order valence-electron chi connectivity index (χ0n) is 19.4. The highest BCUT2D eigenvalue weighted by Gasteiger charge is 2.32. The van der Waals surface area contributed by atoms with Crippen LogP contribution in [-0.4, -0.2) is 79.9 Å². The Bertz CT molecular complexity index is 1050. The van der Waals surface area contributed by atoms with Gasteiger partial charge in [-0.2, -0.15) is 0 Å². The van der Waals surface area contributed by atoms with Crippen molar-refractivity contribution in [1.82, 2.24) is 14.7 Å². The predicted octanol–water partition coefficient (Wildman–Crippen LogP) is 2.67. The van der Waals surface area contributed by atoms with Crippen molar-refractivity contribution in [3.8, 4) is 23.0 Å². The van der Waals surface area contributed by atoms with E-state index < -0.39 is 0 Å². The maximum Gasteiger partial charge on any atom is 0.237 e.